The van der Waals surface area contributed by atoms with Gasteiger partial charge in [-0.2, -0.15) is 0 Å². The van der Waals surface area contributed by atoms with E-state index >= 15 is 0 Å². The van der Waals surface area contributed by atoms with E-state index < -0.39 is 15.2 Å². The van der Waals surface area contributed by atoms with E-state index in [4.69, 9.17) is 0 Å². The van der Waals surface area contributed by atoms with Crippen LogP contribution >= 0.6 is 0 Å². The van der Waals surface area contributed by atoms with Crippen LogP contribution < -0.4 is 5.32 Å². The molecule has 0 heterocycles. The molecule has 120 valence electrons. The van der Waals surface area contributed by atoms with E-state index in [0.29, 0.717) is 12.0 Å². The van der Waals surface area contributed by atoms with E-state index in [1.165, 1.54) is 6.08 Å². The smallest absolute Gasteiger partial charge is 0.198 e. The number of hydrogen-bond donors (Lipinski definition) is 1. The van der Waals surface area contributed by atoms with E-state index in [9.17, 15) is 13.2 Å². The van der Waals surface area contributed by atoms with Crippen LogP contribution in [0.15, 0.2) is 59.5 Å². The van der Waals surface area contributed by atoms with Crippen molar-refractivity contribution in [2.75, 3.05) is 5.32 Å². The van der Waals surface area contributed by atoms with Crippen LogP contribution in [0.1, 0.15) is 18.1 Å². The first-order valence-corrected chi connectivity index (χ1v) is 8.78. The summed E-state index contributed by atoms with van der Waals surface area (Å²) in [5.41, 5.74) is 2.42. The maximum absolute atomic E-state index is 12.6. The second-order valence-corrected chi connectivity index (χ2v) is 7.50. The van der Waals surface area contributed by atoms with Gasteiger partial charge in [0.2, 0.25) is 0 Å². The number of aryl methyl sites for hydroxylation is 1. The molecule has 4 nitrogen and oxygen atoms in total. The Morgan fingerprint density at radius 3 is 2.35 bits per heavy atom. The molecule has 0 aliphatic rings. The lowest BCUT2D eigenvalue weighted by Crippen LogP contribution is -2.26. The lowest BCUT2D eigenvalue weighted by Gasteiger charge is -2.18. The number of nitrogens with one attached hydrogen (secondary N) is 1. The number of carbonyl (C=O) groups is 1. The average molecular weight is 329 g/mol. The lowest BCUT2D eigenvalue weighted by atomic mass is 10.1. The number of hydrogen-bond acceptors (Lipinski definition) is 4. The van der Waals surface area contributed by atoms with Gasteiger partial charge in [0.25, 0.3) is 0 Å². The fourth-order valence-electron chi connectivity index (χ4n) is 2.15. The van der Waals surface area contributed by atoms with Gasteiger partial charge in [0.1, 0.15) is 11.7 Å². The van der Waals surface area contributed by atoms with E-state index in [2.05, 4.69) is 5.32 Å². The molecule has 1 N–H and O–H groups in total. The predicted octanol–water partition coefficient (Wildman–Crippen LogP) is 3.44. The van der Waals surface area contributed by atoms with Crippen molar-refractivity contribution in [1.82, 2.24) is 0 Å². The minimum Gasteiger partial charge on any atom is -0.369 e. The molecule has 0 aromatic heterocycles. The standard InChI is InChI=1S/C18H19NO3S/c1-14-9-11-17(12-10-14)23(21,22)15(2)19-18-8-4-3-6-16(18)7-5-13-20/h3-13,15,19H,1-2H3/b7-5+. The first-order chi connectivity index (χ1) is 10.9. The normalized spacial score (nSPS) is 13.0. The highest BCUT2D eigenvalue weighted by Crippen LogP contribution is 2.22. The van der Waals surface area contributed by atoms with Crippen molar-refractivity contribution in [1.29, 1.82) is 0 Å². The molecule has 2 rings (SSSR count). The molecule has 0 aliphatic carbocycles. The summed E-state index contributed by atoms with van der Waals surface area (Å²) in [6.07, 6.45) is 3.70. The van der Waals surface area contributed by atoms with E-state index in [0.717, 1.165) is 11.1 Å². The monoisotopic (exact) mass is 329 g/mol. The molecule has 5 heteroatoms. The Morgan fingerprint density at radius 2 is 1.70 bits per heavy atom. The summed E-state index contributed by atoms with van der Waals surface area (Å²) in [4.78, 5) is 10.8. The van der Waals surface area contributed by atoms with Crippen molar-refractivity contribution in [2.45, 2.75) is 24.1 Å². The first kappa shape index (κ1) is 17.0. The van der Waals surface area contributed by atoms with Gasteiger partial charge < -0.3 is 5.32 Å². The molecule has 0 radical (unpaired) electrons. The molecule has 2 aromatic rings. The zero-order chi connectivity index (χ0) is 16.9. The first-order valence-electron chi connectivity index (χ1n) is 7.23. The molecule has 0 fully saturated rings. The highest BCUT2D eigenvalue weighted by atomic mass is 32.2. The van der Waals surface area contributed by atoms with Gasteiger partial charge in [0.15, 0.2) is 9.84 Å². The summed E-state index contributed by atoms with van der Waals surface area (Å²) in [7, 11) is -3.50. The van der Waals surface area contributed by atoms with Gasteiger partial charge in [-0.25, -0.2) is 8.42 Å². The third-order valence-electron chi connectivity index (χ3n) is 3.49. The Labute approximate surface area is 136 Å². The number of sulfone groups is 1. The van der Waals surface area contributed by atoms with Gasteiger partial charge in [-0.3, -0.25) is 4.79 Å². The molecule has 0 bridgehead atoms. The van der Waals surface area contributed by atoms with Crippen LogP contribution in [0.25, 0.3) is 6.08 Å². The summed E-state index contributed by atoms with van der Waals surface area (Å²) in [6, 6.07) is 14.0. The van der Waals surface area contributed by atoms with Gasteiger partial charge in [-0.15, -0.1) is 0 Å². The zero-order valence-corrected chi connectivity index (χ0v) is 13.9. The Bertz CT molecular complexity index is 808. The van der Waals surface area contributed by atoms with Gasteiger partial charge >= 0.3 is 0 Å². The molecule has 2 aromatic carbocycles. The SMILES string of the molecule is Cc1ccc(S(=O)(=O)C(C)Nc2ccccc2/C=C/C=O)cc1. The van der Waals surface area contributed by atoms with Gasteiger partial charge in [0, 0.05) is 5.69 Å². The van der Waals surface area contributed by atoms with Crippen molar-refractivity contribution >= 4 is 27.9 Å². The van der Waals surface area contributed by atoms with Gasteiger partial charge in [0.05, 0.1) is 4.90 Å². The van der Waals surface area contributed by atoms with Crippen molar-refractivity contribution < 1.29 is 13.2 Å². The molecule has 1 atom stereocenters. The molecule has 1 unspecified atom stereocenters. The van der Waals surface area contributed by atoms with Crippen LogP contribution in [-0.2, 0) is 14.6 Å². The lowest BCUT2D eigenvalue weighted by molar-refractivity contribution is -0.104. The van der Waals surface area contributed by atoms with Gasteiger partial charge in [-0.05, 0) is 49.8 Å². The number of allylic oxidation sites excluding steroid dienone is 1. The summed E-state index contributed by atoms with van der Waals surface area (Å²) < 4.78 is 25.3. The third kappa shape index (κ3) is 4.07. The van der Waals surface area contributed by atoms with Crippen LogP contribution in [-0.4, -0.2) is 20.1 Å². The number of rotatable bonds is 6. The number of anilines is 1. The predicted molar refractivity (Wildman–Crippen MR) is 93.0 cm³/mol. The van der Waals surface area contributed by atoms with E-state index in [1.807, 2.05) is 25.1 Å². The zero-order valence-electron chi connectivity index (χ0n) is 13.1. The molecule has 23 heavy (non-hydrogen) atoms. The van der Waals surface area contributed by atoms with Crippen molar-refractivity contribution in [3.63, 3.8) is 0 Å². The number of para-hydroxylation sites is 1. The molecular weight excluding hydrogens is 310 g/mol. The maximum atomic E-state index is 12.6. The number of aldehydes is 1. The molecule has 0 saturated carbocycles. The van der Waals surface area contributed by atoms with Crippen LogP contribution in [0.3, 0.4) is 0 Å². The minimum atomic E-state index is -3.50. The Balaban J connectivity index is 2.28. The molecule has 0 saturated heterocycles. The summed E-state index contributed by atoms with van der Waals surface area (Å²) in [5.74, 6) is 0. The van der Waals surface area contributed by atoms with Crippen LogP contribution in [0.2, 0.25) is 0 Å². The Morgan fingerprint density at radius 1 is 1.04 bits per heavy atom. The molecule has 0 amide bonds. The van der Waals surface area contributed by atoms with Crippen LogP contribution in [0, 0.1) is 6.92 Å². The second kappa shape index (κ2) is 7.24. The summed E-state index contributed by atoms with van der Waals surface area (Å²) >= 11 is 0. The maximum Gasteiger partial charge on any atom is 0.198 e. The second-order valence-electron chi connectivity index (χ2n) is 5.23. The Hall–Kier alpha value is -2.40. The third-order valence-corrected chi connectivity index (χ3v) is 5.47. The average Bonchev–Trinajstić information content (AvgIpc) is 2.54. The highest BCUT2D eigenvalue weighted by molar-refractivity contribution is 7.92. The fourth-order valence-corrected chi connectivity index (χ4v) is 3.35. The largest absolute Gasteiger partial charge is 0.369 e. The quantitative estimate of drug-likeness (QED) is 0.651. The van der Waals surface area contributed by atoms with Crippen LogP contribution in [0.5, 0.6) is 0 Å². The fraction of sp³-hybridized carbons (Fsp3) is 0.167. The number of carbonyl (C=O) groups excluding carboxylic acids is 1. The Kier molecular flexibility index (Phi) is 5.34. The summed E-state index contributed by atoms with van der Waals surface area (Å²) in [6.45, 7) is 3.52. The van der Waals surface area contributed by atoms with Crippen molar-refractivity contribution in [3.8, 4) is 0 Å². The van der Waals surface area contributed by atoms with E-state index in [1.54, 1.807) is 43.3 Å². The molecular formula is C18H19NO3S. The minimum absolute atomic E-state index is 0.281. The van der Waals surface area contributed by atoms with Crippen LogP contribution in [0.4, 0.5) is 5.69 Å². The topological polar surface area (TPSA) is 63.2 Å². The summed E-state index contributed by atoms with van der Waals surface area (Å²) in [5, 5.41) is 2.22. The molecule has 0 spiro atoms. The van der Waals surface area contributed by atoms with Crippen molar-refractivity contribution in [2.24, 2.45) is 0 Å². The van der Waals surface area contributed by atoms with E-state index in [-0.39, 0.29) is 4.90 Å². The van der Waals surface area contributed by atoms with Crippen molar-refractivity contribution in [3.05, 3.63) is 65.7 Å². The van der Waals surface area contributed by atoms with Gasteiger partial charge in [-0.1, -0.05) is 35.9 Å². The molecule has 0 aliphatic heterocycles. The number of benzene rings is 2. The highest BCUT2D eigenvalue weighted by Gasteiger charge is 2.23.